The zero-order valence-corrected chi connectivity index (χ0v) is 38.4. The summed E-state index contributed by atoms with van der Waals surface area (Å²) in [5.74, 6) is -3.00. The van der Waals surface area contributed by atoms with Gasteiger partial charge in [-0.1, -0.05) is 32.4 Å². The second-order valence-corrected chi connectivity index (χ2v) is 19.6. The van der Waals surface area contributed by atoms with Crippen LogP contribution < -0.4 is 14.8 Å². The lowest BCUT2D eigenvalue weighted by Crippen LogP contribution is -2.86. The van der Waals surface area contributed by atoms with E-state index < -0.39 is 106 Å². The molecule has 0 unspecified atom stereocenters. The molecule has 1 aromatic rings. The maximum Gasteiger partial charge on any atom is 0.408 e. The van der Waals surface area contributed by atoms with E-state index in [0.29, 0.717) is 28.9 Å². The van der Waals surface area contributed by atoms with Crippen molar-refractivity contribution in [2.45, 2.75) is 168 Å². The molecule has 6 rings (SSSR count). The average Bonchev–Trinajstić information content (AvgIpc) is 3.15. The number of aliphatic hydroxyl groups is 2. The number of carbonyl (C=O) groups is 4. The van der Waals surface area contributed by atoms with Crippen molar-refractivity contribution in [2.75, 3.05) is 20.8 Å². The lowest BCUT2D eigenvalue weighted by atomic mass is 9.42. The lowest BCUT2D eigenvalue weighted by molar-refractivity contribution is -0.418. The van der Waals surface area contributed by atoms with Crippen molar-refractivity contribution < 1.29 is 72.0 Å². The van der Waals surface area contributed by atoms with Crippen LogP contribution in [0.5, 0.6) is 11.5 Å². The summed E-state index contributed by atoms with van der Waals surface area (Å²) in [5, 5.41) is 28.1. The summed E-state index contributed by atoms with van der Waals surface area (Å²) < 4.78 is 55.4. The van der Waals surface area contributed by atoms with Crippen LogP contribution in [0.15, 0.2) is 41.0 Å². The van der Waals surface area contributed by atoms with Crippen molar-refractivity contribution in [1.82, 2.24) is 5.32 Å². The molecule has 4 fully saturated rings. The summed E-state index contributed by atoms with van der Waals surface area (Å²) in [7, 11) is 2.87. The molecule has 5 aliphatic rings. The SMILES string of the molecule is COc1ccc(OC)c(C(=O)O[C@H]2[C@@H]3[C@]4(OC(C)=O)CO[C@@H]4C[C@H]4O[C@@H]([C@H](OC(C)C)C5=C(C)[C@@H](OC(=O)[C@H](O)[C@H](C=C(C)C)NC(=O)OC(C)(C)C)C[C@]2(O)C5(C)C)[C@@]34C)c1. The smallest absolute Gasteiger partial charge is 0.408 e. The summed E-state index contributed by atoms with van der Waals surface area (Å²) >= 11 is 0. The number of rotatable bonds is 12. The van der Waals surface area contributed by atoms with Gasteiger partial charge in [0, 0.05) is 30.6 Å². The molecule has 3 aliphatic carbocycles. The van der Waals surface area contributed by atoms with Crippen molar-refractivity contribution in [1.29, 1.82) is 0 Å². The normalized spacial score (nSPS) is 33.9. The minimum absolute atomic E-state index is 0.00913. The highest BCUT2D eigenvalue weighted by Crippen LogP contribution is 2.69. The highest BCUT2D eigenvalue weighted by Gasteiger charge is 2.81. The number of nitrogens with one attached hydrogen (secondary N) is 1. The lowest BCUT2D eigenvalue weighted by Gasteiger charge is -2.74. The topological polar surface area (TPSA) is 204 Å². The van der Waals surface area contributed by atoms with E-state index in [9.17, 15) is 29.4 Å². The van der Waals surface area contributed by atoms with Crippen LogP contribution in [-0.4, -0.2) is 127 Å². The van der Waals surface area contributed by atoms with E-state index >= 15 is 0 Å². The summed E-state index contributed by atoms with van der Waals surface area (Å²) in [6.07, 6.45) is -7.09. The Kier molecular flexibility index (Phi) is 12.7. The van der Waals surface area contributed by atoms with Gasteiger partial charge >= 0.3 is 24.0 Å². The van der Waals surface area contributed by atoms with Gasteiger partial charge in [-0.05, 0) is 84.7 Å². The van der Waals surface area contributed by atoms with Crippen LogP contribution in [0.2, 0.25) is 0 Å². The van der Waals surface area contributed by atoms with Crippen LogP contribution in [0.3, 0.4) is 0 Å². The first kappa shape index (κ1) is 47.3. The minimum atomic E-state index is -2.12. The van der Waals surface area contributed by atoms with E-state index in [0.717, 1.165) is 0 Å². The molecule has 3 N–H and O–H groups in total. The maximum absolute atomic E-state index is 14.8. The molecule has 1 amide bonds. The number of esters is 3. The Hall–Kier alpha value is -4.22. The fourth-order valence-electron chi connectivity index (χ4n) is 10.6. The van der Waals surface area contributed by atoms with Crippen molar-refractivity contribution in [3.8, 4) is 11.5 Å². The molecule has 16 heteroatoms. The quantitative estimate of drug-likeness (QED) is 0.141. The van der Waals surface area contributed by atoms with Crippen LogP contribution in [0.25, 0.3) is 0 Å². The number of amides is 1. The third kappa shape index (κ3) is 7.99. The Morgan fingerprint density at radius 3 is 2.23 bits per heavy atom. The molecule has 2 bridgehead atoms. The third-order valence-corrected chi connectivity index (χ3v) is 13.4. The van der Waals surface area contributed by atoms with E-state index in [1.807, 2.05) is 34.6 Å². The Morgan fingerprint density at radius 2 is 1.68 bits per heavy atom. The van der Waals surface area contributed by atoms with Crippen LogP contribution in [0, 0.1) is 16.7 Å². The highest BCUT2D eigenvalue weighted by molar-refractivity contribution is 5.93. The molecule has 2 saturated carbocycles. The molecule has 16 nitrogen and oxygen atoms in total. The maximum atomic E-state index is 14.8. The molecule has 344 valence electrons. The second kappa shape index (κ2) is 16.7. The van der Waals surface area contributed by atoms with E-state index in [1.165, 1.54) is 33.3 Å². The van der Waals surface area contributed by atoms with Gasteiger partial charge in [0.25, 0.3) is 0 Å². The fraction of sp³-hybridized carbons (Fsp3) is 0.696. The van der Waals surface area contributed by atoms with Gasteiger partial charge in [0.1, 0.15) is 52.7 Å². The van der Waals surface area contributed by atoms with Gasteiger partial charge in [-0.3, -0.25) is 4.79 Å². The Balaban J connectivity index is 1.54. The van der Waals surface area contributed by atoms with Gasteiger partial charge < -0.3 is 58.2 Å². The number of hydrogen-bond donors (Lipinski definition) is 3. The number of allylic oxidation sites excluding steroid dienone is 1. The monoisotopic (exact) mass is 871 g/mol. The van der Waals surface area contributed by atoms with Gasteiger partial charge in [-0.25, -0.2) is 14.4 Å². The third-order valence-electron chi connectivity index (χ3n) is 13.4. The Morgan fingerprint density at radius 1 is 1.00 bits per heavy atom. The largest absolute Gasteiger partial charge is 0.497 e. The molecule has 2 aliphatic heterocycles. The van der Waals surface area contributed by atoms with E-state index in [-0.39, 0.29) is 30.4 Å². The van der Waals surface area contributed by atoms with Crippen molar-refractivity contribution >= 4 is 24.0 Å². The number of hydrogen-bond acceptors (Lipinski definition) is 15. The first-order valence-corrected chi connectivity index (χ1v) is 21.3. The summed E-state index contributed by atoms with van der Waals surface area (Å²) in [6, 6.07) is 3.41. The molecular weight excluding hydrogens is 806 g/mol. The second-order valence-electron chi connectivity index (χ2n) is 19.6. The molecule has 2 saturated heterocycles. The number of methoxy groups -OCH3 is 2. The first-order valence-electron chi connectivity index (χ1n) is 21.3. The van der Waals surface area contributed by atoms with Gasteiger partial charge in [0.15, 0.2) is 11.7 Å². The number of carbonyl (C=O) groups excluding carboxylic acids is 4. The van der Waals surface area contributed by atoms with Crippen molar-refractivity contribution in [2.24, 2.45) is 16.7 Å². The van der Waals surface area contributed by atoms with Gasteiger partial charge in [-0.15, -0.1) is 0 Å². The van der Waals surface area contributed by atoms with Crippen molar-refractivity contribution in [3.05, 3.63) is 46.6 Å². The van der Waals surface area contributed by atoms with Crippen molar-refractivity contribution in [3.63, 3.8) is 0 Å². The summed E-state index contributed by atoms with van der Waals surface area (Å²) in [6.45, 7) is 20.9. The Labute approximate surface area is 363 Å². The standard InChI is InChI=1S/C46H65NO15/c1-22(2)17-28(47-41(52)62-42(7,8)9)34(49)40(51)58-30-20-46(53)38(60-39(50)27-18-26(54-13)15-16-29(27)55-14)36-44(12)31(19-32-45(36,21-56-32)61-25(6)48)59-37(44)35(57-23(3)4)33(24(30)5)43(46,10)11/h15-18,23,28,30-32,34-38,49,53H,19-21H2,1-14H3,(H,47,52)/t28-,30-,31+,32+,34+,35+,36-,37-,38-,44+,45-,46+/m0/s1. The first-order chi connectivity index (χ1) is 28.7. The predicted octanol–water partition coefficient (Wildman–Crippen LogP) is 5.14. The van der Waals surface area contributed by atoms with Gasteiger partial charge in [-0.2, -0.15) is 0 Å². The molecule has 62 heavy (non-hydrogen) atoms. The predicted molar refractivity (Wildman–Crippen MR) is 222 cm³/mol. The van der Waals surface area contributed by atoms with Crippen LogP contribution in [0.4, 0.5) is 4.79 Å². The number of fused-ring (bicyclic) bond motifs is 4. The van der Waals surface area contributed by atoms with E-state index in [4.69, 9.17) is 42.6 Å². The molecule has 12 atom stereocenters. The molecule has 0 aromatic heterocycles. The summed E-state index contributed by atoms with van der Waals surface area (Å²) in [5.41, 5.74) is -4.87. The molecular formula is C46H65NO15. The van der Waals surface area contributed by atoms with E-state index in [2.05, 4.69) is 5.32 Å². The number of alkyl carbamates (subject to hydrolysis) is 1. The average molecular weight is 872 g/mol. The van der Waals surface area contributed by atoms with Crippen LogP contribution >= 0.6 is 0 Å². The fourth-order valence-corrected chi connectivity index (χ4v) is 10.6. The number of ether oxygens (including phenoxy) is 9. The Bertz CT molecular complexity index is 2000. The molecule has 0 radical (unpaired) electrons. The number of aliphatic hydroxyl groups excluding tert-OH is 1. The van der Waals surface area contributed by atoms with E-state index in [1.54, 1.807) is 53.7 Å². The zero-order chi connectivity index (χ0) is 46.1. The van der Waals surface area contributed by atoms with Gasteiger partial charge in [0.2, 0.25) is 0 Å². The van der Waals surface area contributed by atoms with Crippen LogP contribution in [-0.2, 0) is 42.7 Å². The zero-order valence-electron chi connectivity index (χ0n) is 38.4. The molecule has 2 heterocycles. The van der Waals surface area contributed by atoms with Crippen LogP contribution in [0.1, 0.15) is 106 Å². The molecule has 0 spiro atoms. The van der Waals surface area contributed by atoms with Gasteiger partial charge in [0.05, 0.1) is 51.1 Å². The highest BCUT2D eigenvalue weighted by atomic mass is 16.6. The molecule has 1 aromatic carbocycles. The summed E-state index contributed by atoms with van der Waals surface area (Å²) in [4.78, 5) is 55.0. The number of benzene rings is 1. The minimum Gasteiger partial charge on any atom is -0.497 e.